The van der Waals surface area contributed by atoms with Crippen molar-refractivity contribution in [3.63, 3.8) is 0 Å². The second kappa shape index (κ2) is 8.35. The third-order valence-corrected chi connectivity index (χ3v) is 3.93. The fourth-order valence-corrected chi connectivity index (χ4v) is 2.72. The van der Waals surface area contributed by atoms with Crippen LogP contribution in [0.5, 0.6) is 0 Å². The van der Waals surface area contributed by atoms with Crippen LogP contribution in [0.1, 0.15) is 6.42 Å². The van der Waals surface area contributed by atoms with E-state index in [0.29, 0.717) is 17.3 Å². The Balaban J connectivity index is 1.46. The highest BCUT2D eigenvalue weighted by atomic mass is 35.5. The molecule has 1 aromatic heterocycles. The molecule has 0 saturated heterocycles. The zero-order valence-corrected chi connectivity index (χ0v) is 14.4. The maximum Gasteiger partial charge on any atom is 0.319 e. The van der Waals surface area contributed by atoms with Gasteiger partial charge in [0.2, 0.25) is 0 Å². The topological polar surface area (TPSA) is 59.0 Å². The predicted molar refractivity (Wildman–Crippen MR) is 101 cm³/mol. The minimum absolute atomic E-state index is 0.240. The Hall–Kier alpha value is -2.79. The lowest BCUT2D eigenvalue weighted by Gasteiger charge is -2.10. The standard InChI is InChI=1S/C19H19ClN4O/c20-16-8-4-9-17(14-16)23-19(25)22-10-5-12-24-13-11-21-18(24)15-6-2-1-3-7-15/h1-4,6-9,11,13-14H,5,10,12H2,(H2,22,23,25). The number of benzene rings is 2. The fraction of sp³-hybridized carbons (Fsp3) is 0.158. The molecule has 1 heterocycles. The van der Waals surface area contributed by atoms with Gasteiger partial charge in [0.25, 0.3) is 0 Å². The third kappa shape index (κ3) is 4.84. The number of aromatic nitrogens is 2. The molecule has 3 rings (SSSR count). The summed E-state index contributed by atoms with van der Waals surface area (Å²) in [5, 5.41) is 6.19. The van der Waals surface area contributed by atoms with Gasteiger partial charge in [-0.3, -0.25) is 0 Å². The van der Waals surface area contributed by atoms with Crippen LogP contribution in [-0.2, 0) is 6.54 Å². The zero-order valence-electron chi connectivity index (χ0n) is 13.7. The number of anilines is 1. The average Bonchev–Trinajstić information content (AvgIpc) is 3.08. The molecule has 3 aromatic rings. The van der Waals surface area contributed by atoms with Gasteiger partial charge in [-0.25, -0.2) is 9.78 Å². The van der Waals surface area contributed by atoms with E-state index in [1.54, 1.807) is 30.5 Å². The van der Waals surface area contributed by atoms with Crippen LogP contribution in [0.4, 0.5) is 10.5 Å². The van der Waals surface area contributed by atoms with Gasteiger partial charge < -0.3 is 15.2 Å². The maximum atomic E-state index is 11.9. The molecule has 2 aromatic carbocycles. The summed E-state index contributed by atoms with van der Waals surface area (Å²) in [7, 11) is 0. The second-order valence-electron chi connectivity index (χ2n) is 5.56. The van der Waals surface area contributed by atoms with E-state index in [2.05, 4.69) is 20.2 Å². The van der Waals surface area contributed by atoms with Gasteiger partial charge >= 0.3 is 6.03 Å². The van der Waals surface area contributed by atoms with E-state index in [9.17, 15) is 4.79 Å². The Morgan fingerprint density at radius 2 is 1.96 bits per heavy atom. The summed E-state index contributed by atoms with van der Waals surface area (Å²) in [6, 6.07) is 16.9. The van der Waals surface area contributed by atoms with Crippen molar-refractivity contribution in [3.8, 4) is 11.4 Å². The lowest BCUT2D eigenvalue weighted by Crippen LogP contribution is -2.30. The highest BCUT2D eigenvalue weighted by Crippen LogP contribution is 2.17. The number of carbonyl (C=O) groups is 1. The number of rotatable bonds is 6. The number of carbonyl (C=O) groups excluding carboxylic acids is 1. The van der Waals surface area contributed by atoms with E-state index in [4.69, 9.17) is 11.6 Å². The Labute approximate surface area is 151 Å². The average molecular weight is 355 g/mol. The van der Waals surface area contributed by atoms with Crippen LogP contribution in [0, 0.1) is 0 Å². The number of urea groups is 1. The van der Waals surface area contributed by atoms with Gasteiger partial charge in [0.15, 0.2) is 0 Å². The molecule has 5 nitrogen and oxygen atoms in total. The molecule has 0 aliphatic heterocycles. The molecule has 6 heteroatoms. The molecule has 2 amide bonds. The monoisotopic (exact) mass is 354 g/mol. The van der Waals surface area contributed by atoms with Crippen molar-refractivity contribution in [2.75, 3.05) is 11.9 Å². The maximum absolute atomic E-state index is 11.9. The Morgan fingerprint density at radius 3 is 2.76 bits per heavy atom. The molecule has 0 bridgehead atoms. The number of hydrogen-bond donors (Lipinski definition) is 2. The van der Waals surface area contributed by atoms with Crippen LogP contribution < -0.4 is 10.6 Å². The summed E-state index contributed by atoms with van der Waals surface area (Å²) in [5.74, 6) is 0.934. The van der Waals surface area contributed by atoms with Crippen molar-refractivity contribution < 1.29 is 4.79 Å². The fourth-order valence-electron chi connectivity index (χ4n) is 2.53. The summed E-state index contributed by atoms with van der Waals surface area (Å²) < 4.78 is 2.09. The zero-order chi connectivity index (χ0) is 17.5. The summed E-state index contributed by atoms with van der Waals surface area (Å²) in [6.07, 6.45) is 4.55. The third-order valence-electron chi connectivity index (χ3n) is 3.69. The summed E-state index contributed by atoms with van der Waals surface area (Å²) >= 11 is 5.90. The first-order chi connectivity index (χ1) is 12.2. The number of imidazole rings is 1. The first kappa shape index (κ1) is 17.0. The van der Waals surface area contributed by atoms with Crippen molar-refractivity contribution >= 4 is 23.3 Å². The molecule has 0 atom stereocenters. The first-order valence-electron chi connectivity index (χ1n) is 8.09. The first-order valence-corrected chi connectivity index (χ1v) is 8.47. The Kier molecular flexibility index (Phi) is 5.69. The van der Waals surface area contributed by atoms with Gasteiger partial charge in [0, 0.05) is 41.8 Å². The van der Waals surface area contributed by atoms with Gasteiger partial charge in [-0.1, -0.05) is 48.0 Å². The van der Waals surface area contributed by atoms with Gasteiger partial charge in [-0.15, -0.1) is 0 Å². The highest BCUT2D eigenvalue weighted by molar-refractivity contribution is 6.30. The molecule has 0 radical (unpaired) electrons. The van der Waals surface area contributed by atoms with Crippen LogP contribution in [0.25, 0.3) is 11.4 Å². The molecule has 0 aliphatic rings. The summed E-state index contributed by atoms with van der Waals surface area (Å²) in [4.78, 5) is 16.3. The molecular weight excluding hydrogens is 336 g/mol. The largest absolute Gasteiger partial charge is 0.338 e. The second-order valence-corrected chi connectivity index (χ2v) is 5.99. The molecule has 0 spiro atoms. The number of nitrogens with zero attached hydrogens (tertiary/aromatic N) is 2. The van der Waals surface area contributed by atoms with Crippen molar-refractivity contribution in [1.29, 1.82) is 0 Å². The van der Waals surface area contributed by atoms with Crippen molar-refractivity contribution in [3.05, 3.63) is 72.0 Å². The van der Waals surface area contributed by atoms with Gasteiger partial charge in [-0.2, -0.15) is 0 Å². The van der Waals surface area contributed by atoms with Gasteiger partial charge in [0.1, 0.15) is 5.82 Å². The van der Waals surface area contributed by atoms with E-state index < -0.39 is 0 Å². The molecule has 128 valence electrons. The highest BCUT2D eigenvalue weighted by Gasteiger charge is 2.06. The number of aryl methyl sites for hydroxylation is 1. The normalized spacial score (nSPS) is 10.4. The number of amides is 2. The van der Waals surface area contributed by atoms with Gasteiger partial charge in [0.05, 0.1) is 0 Å². The van der Waals surface area contributed by atoms with Crippen molar-refractivity contribution in [2.24, 2.45) is 0 Å². The molecule has 0 unspecified atom stereocenters. The smallest absolute Gasteiger partial charge is 0.319 e. The molecule has 25 heavy (non-hydrogen) atoms. The summed E-state index contributed by atoms with van der Waals surface area (Å²) in [6.45, 7) is 1.35. The van der Waals surface area contributed by atoms with Crippen LogP contribution in [0.2, 0.25) is 5.02 Å². The van der Waals surface area contributed by atoms with E-state index in [1.807, 2.05) is 36.5 Å². The Bertz CT molecular complexity index is 832. The van der Waals surface area contributed by atoms with Crippen LogP contribution in [-0.4, -0.2) is 22.1 Å². The van der Waals surface area contributed by atoms with E-state index in [1.165, 1.54) is 0 Å². The van der Waals surface area contributed by atoms with E-state index in [0.717, 1.165) is 24.4 Å². The predicted octanol–water partition coefficient (Wildman–Crippen LogP) is 4.42. The molecule has 0 fully saturated rings. The SMILES string of the molecule is O=C(NCCCn1ccnc1-c1ccccc1)Nc1cccc(Cl)c1. The van der Waals surface area contributed by atoms with Crippen LogP contribution in [0.15, 0.2) is 67.0 Å². The van der Waals surface area contributed by atoms with Gasteiger partial charge in [-0.05, 0) is 24.6 Å². The van der Waals surface area contributed by atoms with E-state index in [-0.39, 0.29) is 6.03 Å². The molecular formula is C19H19ClN4O. The summed E-state index contributed by atoms with van der Waals surface area (Å²) in [5.41, 5.74) is 1.75. The molecule has 0 aliphatic carbocycles. The number of nitrogens with one attached hydrogen (secondary N) is 2. The molecule has 2 N–H and O–H groups in total. The quantitative estimate of drug-likeness (QED) is 0.644. The lowest BCUT2D eigenvalue weighted by molar-refractivity contribution is 0.252. The van der Waals surface area contributed by atoms with Crippen molar-refractivity contribution in [2.45, 2.75) is 13.0 Å². The van der Waals surface area contributed by atoms with E-state index >= 15 is 0 Å². The van der Waals surface area contributed by atoms with Crippen LogP contribution >= 0.6 is 11.6 Å². The number of halogens is 1. The van der Waals surface area contributed by atoms with Crippen LogP contribution in [0.3, 0.4) is 0 Å². The molecule has 0 saturated carbocycles. The minimum Gasteiger partial charge on any atom is -0.338 e. The van der Waals surface area contributed by atoms with Crippen molar-refractivity contribution in [1.82, 2.24) is 14.9 Å². The lowest BCUT2D eigenvalue weighted by atomic mass is 10.2. The minimum atomic E-state index is -0.240. The Morgan fingerprint density at radius 1 is 1.12 bits per heavy atom. The number of hydrogen-bond acceptors (Lipinski definition) is 2.